The average molecular weight is 347 g/mol. The van der Waals surface area contributed by atoms with Crippen LogP contribution in [-0.2, 0) is 16.4 Å². The fourth-order valence-corrected chi connectivity index (χ4v) is 2.90. The van der Waals surface area contributed by atoms with Gasteiger partial charge in [-0.2, -0.15) is 0 Å². The number of hydrogen-bond acceptors (Lipinski definition) is 4. The lowest BCUT2D eigenvalue weighted by Gasteiger charge is -2.17. The number of hydrogen-bond donors (Lipinski definition) is 0. The molecule has 0 saturated carbocycles. The summed E-state index contributed by atoms with van der Waals surface area (Å²) in [7, 11) is -1.55. The lowest BCUT2D eigenvalue weighted by atomic mass is 10.1. The number of ether oxygens (including phenoxy) is 1. The molecular formula is C18H21NO4S. The molecule has 5 nitrogen and oxygen atoms in total. The number of nitrogens with zero attached hydrogens (tertiary/aromatic N) is 1. The molecule has 0 radical (unpaired) electrons. The summed E-state index contributed by atoms with van der Waals surface area (Å²) in [5.41, 5.74) is 1.44. The van der Waals surface area contributed by atoms with E-state index in [0.29, 0.717) is 18.7 Å². The third-order valence-electron chi connectivity index (χ3n) is 3.53. The van der Waals surface area contributed by atoms with Gasteiger partial charge in [-0.3, -0.25) is 4.79 Å². The quantitative estimate of drug-likeness (QED) is 0.806. The Bertz CT molecular complexity index is 796. The normalized spacial score (nSPS) is 11.1. The molecular weight excluding hydrogens is 326 g/mol. The van der Waals surface area contributed by atoms with Crippen molar-refractivity contribution in [3.05, 3.63) is 59.7 Å². The minimum Gasteiger partial charge on any atom is -0.494 e. The summed E-state index contributed by atoms with van der Waals surface area (Å²) in [6.07, 6.45) is 1.14. The molecule has 0 aliphatic heterocycles. The van der Waals surface area contributed by atoms with Crippen molar-refractivity contribution in [1.82, 2.24) is 4.90 Å². The minimum absolute atomic E-state index is 0.163. The van der Waals surface area contributed by atoms with Gasteiger partial charge in [0.15, 0.2) is 9.84 Å². The maximum atomic E-state index is 12.4. The first-order chi connectivity index (χ1) is 11.3. The summed E-state index contributed by atoms with van der Waals surface area (Å²) >= 11 is 0. The Balaban J connectivity index is 2.06. The summed E-state index contributed by atoms with van der Waals surface area (Å²) in [4.78, 5) is 14.2. The van der Waals surface area contributed by atoms with Gasteiger partial charge >= 0.3 is 0 Å². The van der Waals surface area contributed by atoms with Crippen LogP contribution in [0.2, 0.25) is 0 Å². The Hall–Kier alpha value is -2.34. The monoisotopic (exact) mass is 347 g/mol. The van der Waals surface area contributed by atoms with Crippen LogP contribution in [0.4, 0.5) is 0 Å². The number of rotatable bonds is 6. The van der Waals surface area contributed by atoms with Crippen molar-refractivity contribution in [1.29, 1.82) is 0 Å². The minimum atomic E-state index is -3.26. The van der Waals surface area contributed by atoms with Crippen LogP contribution in [0.3, 0.4) is 0 Å². The lowest BCUT2D eigenvalue weighted by molar-refractivity contribution is 0.0785. The van der Waals surface area contributed by atoms with Crippen LogP contribution in [0.25, 0.3) is 0 Å². The molecule has 24 heavy (non-hydrogen) atoms. The Morgan fingerprint density at radius 3 is 2.12 bits per heavy atom. The van der Waals surface area contributed by atoms with Crippen molar-refractivity contribution >= 4 is 15.7 Å². The fourth-order valence-electron chi connectivity index (χ4n) is 2.27. The van der Waals surface area contributed by atoms with Crippen LogP contribution >= 0.6 is 0 Å². The summed E-state index contributed by atoms with van der Waals surface area (Å²) < 4.78 is 28.3. The van der Waals surface area contributed by atoms with Gasteiger partial charge in [-0.25, -0.2) is 8.42 Å². The lowest BCUT2D eigenvalue weighted by Crippen LogP contribution is -2.26. The highest BCUT2D eigenvalue weighted by atomic mass is 32.2. The Kier molecular flexibility index (Phi) is 5.62. The van der Waals surface area contributed by atoms with Gasteiger partial charge in [0, 0.05) is 25.4 Å². The molecule has 0 aliphatic carbocycles. The van der Waals surface area contributed by atoms with Crippen molar-refractivity contribution in [2.24, 2.45) is 0 Å². The van der Waals surface area contributed by atoms with Gasteiger partial charge in [-0.1, -0.05) is 12.1 Å². The van der Waals surface area contributed by atoms with Crippen molar-refractivity contribution in [2.75, 3.05) is 19.9 Å². The van der Waals surface area contributed by atoms with E-state index < -0.39 is 9.84 Å². The van der Waals surface area contributed by atoms with Gasteiger partial charge in [0.1, 0.15) is 5.75 Å². The van der Waals surface area contributed by atoms with Crippen molar-refractivity contribution in [3.8, 4) is 5.75 Å². The van der Waals surface area contributed by atoms with E-state index in [-0.39, 0.29) is 10.8 Å². The van der Waals surface area contributed by atoms with E-state index in [4.69, 9.17) is 4.74 Å². The molecule has 0 bridgehead atoms. The summed E-state index contributed by atoms with van der Waals surface area (Å²) in [6, 6.07) is 13.6. The second-order valence-electron chi connectivity index (χ2n) is 5.53. The topological polar surface area (TPSA) is 63.7 Å². The van der Waals surface area contributed by atoms with Crippen LogP contribution < -0.4 is 4.74 Å². The van der Waals surface area contributed by atoms with Gasteiger partial charge < -0.3 is 9.64 Å². The second-order valence-corrected chi connectivity index (χ2v) is 7.55. The summed E-state index contributed by atoms with van der Waals surface area (Å²) in [5.74, 6) is 0.635. The Morgan fingerprint density at radius 1 is 1.04 bits per heavy atom. The van der Waals surface area contributed by atoms with E-state index >= 15 is 0 Å². The predicted octanol–water partition coefficient (Wildman–Crippen LogP) is 2.76. The van der Waals surface area contributed by atoms with Gasteiger partial charge in [0.05, 0.1) is 11.5 Å². The number of carbonyl (C=O) groups excluding carboxylic acids is 1. The van der Waals surface area contributed by atoms with E-state index in [0.717, 1.165) is 17.6 Å². The van der Waals surface area contributed by atoms with Gasteiger partial charge in [0.25, 0.3) is 5.91 Å². The van der Waals surface area contributed by atoms with E-state index in [1.165, 1.54) is 24.3 Å². The SMILES string of the molecule is CCOc1ccc(CN(C)C(=O)c2ccc(S(C)(=O)=O)cc2)cc1. The standard InChI is InChI=1S/C18H21NO4S/c1-4-23-16-9-5-14(6-10-16)13-19(2)18(20)15-7-11-17(12-8-15)24(3,21)22/h5-12H,4,13H2,1-3H3. The third kappa shape index (κ3) is 4.58. The molecule has 2 rings (SSSR count). The molecule has 2 aromatic rings. The van der Waals surface area contributed by atoms with Gasteiger partial charge in [0.2, 0.25) is 0 Å². The van der Waals surface area contributed by atoms with Gasteiger partial charge in [-0.15, -0.1) is 0 Å². The number of benzene rings is 2. The number of sulfone groups is 1. The molecule has 0 saturated heterocycles. The molecule has 6 heteroatoms. The largest absolute Gasteiger partial charge is 0.494 e. The van der Waals surface area contributed by atoms with Crippen molar-refractivity contribution < 1.29 is 17.9 Å². The zero-order valence-electron chi connectivity index (χ0n) is 14.0. The zero-order chi connectivity index (χ0) is 17.7. The van der Waals surface area contributed by atoms with E-state index in [2.05, 4.69) is 0 Å². The smallest absolute Gasteiger partial charge is 0.253 e. The maximum Gasteiger partial charge on any atom is 0.253 e. The summed E-state index contributed by atoms with van der Waals surface area (Å²) in [5, 5.41) is 0. The van der Waals surface area contributed by atoms with E-state index in [1.807, 2.05) is 31.2 Å². The molecule has 0 aromatic heterocycles. The average Bonchev–Trinajstić information content (AvgIpc) is 2.55. The zero-order valence-corrected chi connectivity index (χ0v) is 14.8. The molecule has 0 aliphatic rings. The number of amides is 1. The Labute approximate surface area is 142 Å². The third-order valence-corrected chi connectivity index (χ3v) is 4.66. The Morgan fingerprint density at radius 2 is 1.62 bits per heavy atom. The molecule has 0 spiro atoms. The molecule has 0 N–H and O–H groups in total. The van der Waals surface area contributed by atoms with Crippen molar-refractivity contribution in [2.45, 2.75) is 18.4 Å². The molecule has 128 valence electrons. The van der Waals surface area contributed by atoms with Crippen molar-refractivity contribution in [3.63, 3.8) is 0 Å². The molecule has 1 amide bonds. The highest BCUT2D eigenvalue weighted by Gasteiger charge is 2.14. The highest BCUT2D eigenvalue weighted by Crippen LogP contribution is 2.15. The number of carbonyl (C=O) groups is 1. The van der Waals surface area contributed by atoms with Crippen LogP contribution in [0.5, 0.6) is 5.75 Å². The summed E-state index contributed by atoms with van der Waals surface area (Å²) in [6.45, 7) is 3.00. The first-order valence-corrected chi connectivity index (χ1v) is 9.47. The van der Waals surface area contributed by atoms with Crippen LogP contribution in [-0.4, -0.2) is 39.1 Å². The molecule has 0 fully saturated rings. The predicted molar refractivity (Wildman–Crippen MR) is 93.0 cm³/mol. The second kappa shape index (κ2) is 7.49. The highest BCUT2D eigenvalue weighted by molar-refractivity contribution is 7.90. The molecule has 0 atom stereocenters. The maximum absolute atomic E-state index is 12.4. The van der Waals surface area contributed by atoms with E-state index in [1.54, 1.807) is 11.9 Å². The van der Waals surface area contributed by atoms with Crippen LogP contribution in [0.15, 0.2) is 53.4 Å². The van der Waals surface area contributed by atoms with E-state index in [9.17, 15) is 13.2 Å². The first kappa shape index (κ1) is 18.0. The van der Waals surface area contributed by atoms with Crippen LogP contribution in [0, 0.1) is 0 Å². The fraction of sp³-hybridized carbons (Fsp3) is 0.278. The molecule has 0 heterocycles. The van der Waals surface area contributed by atoms with Crippen LogP contribution in [0.1, 0.15) is 22.8 Å². The molecule has 2 aromatic carbocycles. The first-order valence-electron chi connectivity index (χ1n) is 7.58. The van der Waals surface area contributed by atoms with Gasteiger partial charge in [-0.05, 0) is 48.9 Å². The molecule has 0 unspecified atom stereocenters.